The van der Waals surface area contributed by atoms with Gasteiger partial charge in [0.15, 0.2) is 0 Å². The van der Waals surface area contributed by atoms with Crippen molar-refractivity contribution in [3.8, 4) is 21.3 Å². The van der Waals surface area contributed by atoms with Gasteiger partial charge in [-0.1, -0.05) is 6.07 Å². The molecule has 0 bridgehead atoms. The van der Waals surface area contributed by atoms with Crippen molar-refractivity contribution < 1.29 is 18.7 Å². The number of rotatable bonds is 5. The number of thiophene rings is 1. The van der Waals surface area contributed by atoms with E-state index in [0.29, 0.717) is 58.1 Å². The number of carbonyl (C=O) groups excluding carboxylic acids is 2. The van der Waals surface area contributed by atoms with Crippen LogP contribution in [-0.4, -0.2) is 64.6 Å². The highest BCUT2D eigenvalue weighted by molar-refractivity contribution is 7.19. The number of para-hydroxylation sites is 1. The molecule has 3 aliphatic heterocycles. The monoisotopic (exact) mass is 699 g/mol. The summed E-state index contributed by atoms with van der Waals surface area (Å²) in [6.07, 6.45) is 4.40. The first-order valence-electron chi connectivity index (χ1n) is 17.1. The number of anilines is 3. The quantitative estimate of drug-likeness (QED) is 0.195. The number of amides is 2. The Morgan fingerprint density at radius 3 is 2.63 bits per heavy atom. The number of nitrogens with zero attached hydrogens (tertiary/aromatic N) is 5. The van der Waals surface area contributed by atoms with Crippen LogP contribution in [0, 0.1) is 18.2 Å². The molecule has 0 saturated carbocycles. The Hall–Kier alpha value is -5.46. The summed E-state index contributed by atoms with van der Waals surface area (Å²) >= 11 is 1.53. The van der Waals surface area contributed by atoms with Crippen LogP contribution in [0.3, 0.4) is 0 Å². The molecule has 10 nitrogen and oxygen atoms in total. The Morgan fingerprint density at radius 2 is 1.82 bits per heavy atom. The van der Waals surface area contributed by atoms with Crippen LogP contribution in [0.2, 0.25) is 0 Å². The van der Waals surface area contributed by atoms with Crippen molar-refractivity contribution in [1.29, 1.82) is 0 Å². The minimum absolute atomic E-state index is 0.157. The second kappa shape index (κ2) is 12.4. The van der Waals surface area contributed by atoms with Gasteiger partial charge in [-0.2, -0.15) is 0 Å². The molecule has 0 atom stereocenters. The van der Waals surface area contributed by atoms with Gasteiger partial charge in [0.2, 0.25) is 0 Å². The van der Waals surface area contributed by atoms with Gasteiger partial charge < -0.3 is 24.8 Å². The number of ether oxygens (including phenoxy) is 1. The molecule has 2 aromatic carbocycles. The Balaban J connectivity index is 0.927. The summed E-state index contributed by atoms with van der Waals surface area (Å²) in [6, 6.07) is 21.3. The summed E-state index contributed by atoms with van der Waals surface area (Å²) in [5.74, 6) is 0.566. The van der Waals surface area contributed by atoms with Gasteiger partial charge in [0, 0.05) is 61.4 Å². The Kier molecular flexibility index (Phi) is 7.66. The van der Waals surface area contributed by atoms with Gasteiger partial charge in [-0.3, -0.25) is 14.6 Å². The lowest BCUT2D eigenvalue weighted by Crippen LogP contribution is -2.59. The number of aryl methyl sites for hydroxylation is 1. The predicted octanol–water partition coefficient (Wildman–Crippen LogP) is 7.27. The number of fused-ring (bicyclic) bond motifs is 4. The van der Waals surface area contributed by atoms with E-state index in [1.54, 1.807) is 47.5 Å². The van der Waals surface area contributed by atoms with Crippen molar-refractivity contribution in [3.05, 3.63) is 107 Å². The zero-order valence-corrected chi connectivity index (χ0v) is 28.7. The smallest absolute Gasteiger partial charge is 0.259 e. The number of benzene rings is 2. The average molecular weight is 700 g/mol. The van der Waals surface area contributed by atoms with Crippen LogP contribution in [0.4, 0.5) is 21.6 Å². The van der Waals surface area contributed by atoms with Crippen molar-refractivity contribution in [2.45, 2.75) is 26.2 Å². The van der Waals surface area contributed by atoms with Gasteiger partial charge in [0.1, 0.15) is 28.7 Å². The third-order valence-corrected chi connectivity index (χ3v) is 11.4. The molecular weight excluding hydrogens is 666 g/mol. The number of imidazole rings is 1. The maximum atomic E-state index is 14.4. The van der Waals surface area contributed by atoms with E-state index in [-0.39, 0.29) is 23.0 Å². The highest BCUT2D eigenvalue weighted by atomic mass is 32.1. The van der Waals surface area contributed by atoms with E-state index in [1.165, 1.54) is 17.4 Å². The van der Waals surface area contributed by atoms with E-state index in [4.69, 9.17) is 14.7 Å². The molecule has 2 saturated heterocycles. The number of carbonyl (C=O) groups is 2. The molecule has 6 aromatic rings. The van der Waals surface area contributed by atoms with Crippen LogP contribution in [0.5, 0.6) is 0 Å². The predicted molar refractivity (Wildman–Crippen MR) is 196 cm³/mol. The van der Waals surface area contributed by atoms with E-state index in [1.807, 2.05) is 31.2 Å². The zero-order chi connectivity index (χ0) is 34.7. The number of H-pyrrole nitrogens is 1. The summed E-state index contributed by atoms with van der Waals surface area (Å²) in [6.45, 7) is 5.69. The fourth-order valence-corrected chi connectivity index (χ4v) is 8.60. The highest BCUT2D eigenvalue weighted by Crippen LogP contribution is 2.44. The minimum atomic E-state index is -0.343. The summed E-state index contributed by atoms with van der Waals surface area (Å²) in [4.78, 5) is 50.6. The number of aromatic nitrogens is 4. The summed E-state index contributed by atoms with van der Waals surface area (Å²) in [5.41, 5.74) is 6.16. The average Bonchev–Trinajstić information content (AvgIpc) is 3.74. The molecule has 9 rings (SSSR count). The molecule has 256 valence electrons. The SMILES string of the molecule is Cc1ccc(C(=O)Nc2ccc(C(=O)N3CCc4cc(-c5nc6cccc(F)c6[nH]5)sc4-c4ncccc43)cc2)c(N2CC3(CCOCC3)C2)n1. The number of pyridine rings is 2. The Bertz CT molecular complexity index is 2320. The standard InChI is InChI=1S/C39H34FN7O3S/c1-23-7-12-27(36(42-23)46-21-39(22-46)14-18-50-19-15-39)37(48)43-26-10-8-24(9-11-26)38(49)47-17-13-25-20-31(51-34(25)33-30(47)6-3-16-41-33)35-44-29-5-2-4-28(40)32(29)45-35/h2-12,16,20H,13-15,17-19,21-22H2,1H3,(H,43,48)(H,44,45). The van der Waals surface area contributed by atoms with Crippen molar-refractivity contribution in [3.63, 3.8) is 0 Å². The molecule has 0 aliphatic carbocycles. The highest BCUT2D eigenvalue weighted by Gasteiger charge is 2.45. The molecule has 4 aromatic heterocycles. The lowest BCUT2D eigenvalue weighted by molar-refractivity contribution is -0.000518. The molecule has 0 radical (unpaired) electrons. The number of hydrogen-bond donors (Lipinski definition) is 2. The van der Waals surface area contributed by atoms with Crippen molar-refractivity contribution in [1.82, 2.24) is 19.9 Å². The summed E-state index contributed by atoms with van der Waals surface area (Å²) in [7, 11) is 0. The molecule has 2 N–H and O–H groups in total. The first-order chi connectivity index (χ1) is 24.8. The van der Waals surface area contributed by atoms with Crippen LogP contribution in [-0.2, 0) is 11.2 Å². The van der Waals surface area contributed by atoms with E-state index >= 15 is 0 Å². The first-order valence-corrected chi connectivity index (χ1v) is 17.9. The third kappa shape index (κ3) is 5.64. The fraction of sp³-hybridized carbons (Fsp3) is 0.256. The second-order valence-corrected chi connectivity index (χ2v) is 14.6. The summed E-state index contributed by atoms with van der Waals surface area (Å²) < 4.78 is 20.0. The fourth-order valence-electron chi connectivity index (χ4n) is 7.44. The van der Waals surface area contributed by atoms with E-state index in [0.717, 1.165) is 65.8 Å². The molecule has 3 aliphatic rings. The maximum Gasteiger partial charge on any atom is 0.259 e. The minimum Gasteiger partial charge on any atom is -0.381 e. The second-order valence-electron chi connectivity index (χ2n) is 13.6. The van der Waals surface area contributed by atoms with Gasteiger partial charge in [-0.25, -0.2) is 14.4 Å². The van der Waals surface area contributed by atoms with Gasteiger partial charge in [0.25, 0.3) is 11.8 Å². The molecular formula is C39H34FN7O3S. The van der Waals surface area contributed by atoms with Gasteiger partial charge >= 0.3 is 0 Å². The van der Waals surface area contributed by atoms with Crippen molar-refractivity contribution in [2.75, 3.05) is 48.0 Å². The molecule has 0 unspecified atom stereocenters. The zero-order valence-electron chi connectivity index (χ0n) is 27.9. The lowest BCUT2D eigenvalue weighted by Gasteiger charge is -2.53. The molecule has 51 heavy (non-hydrogen) atoms. The molecule has 2 amide bonds. The van der Waals surface area contributed by atoms with Gasteiger partial charge in [-0.05, 0) is 98.5 Å². The van der Waals surface area contributed by atoms with Gasteiger partial charge in [-0.15, -0.1) is 11.3 Å². The number of aromatic amines is 1. The van der Waals surface area contributed by atoms with Crippen molar-refractivity contribution in [2.24, 2.45) is 5.41 Å². The number of hydrogen-bond acceptors (Lipinski definition) is 8. The molecule has 2 fully saturated rings. The third-order valence-electron chi connectivity index (χ3n) is 10.2. The molecule has 12 heteroatoms. The van der Waals surface area contributed by atoms with Crippen molar-refractivity contribution >= 4 is 51.4 Å². The van der Waals surface area contributed by atoms with Gasteiger partial charge in [0.05, 0.1) is 26.5 Å². The van der Waals surface area contributed by atoms with Crippen LogP contribution in [0.25, 0.3) is 32.3 Å². The van der Waals surface area contributed by atoms with Crippen LogP contribution in [0.15, 0.2) is 79.0 Å². The molecule has 1 spiro atoms. The summed E-state index contributed by atoms with van der Waals surface area (Å²) in [5, 5.41) is 3.01. The maximum absolute atomic E-state index is 14.4. The number of nitrogens with one attached hydrogen (secondary N) is 2. The normalized spacial score (nSPS) is 16.4. The van der Waals surface area contributed by atoms with E-state index < -0.39 is 0 Å². The topological polar surface area (TPSA) is 116 Å². The van der Waals surface area contributed by atoms with Crippen LogP contribution >= 0.6 is 11.3 Å². The first kappa shape index (κ1) is 31.5. The van der Waals surface area contributed by atoms with Crippen LogP contribution < -0.4 is 15.1 Å². The lowest BCUT2D eigenvalue weighted by atomic mass is 9.73. The largest absolute Gasteiger partial charge is 0.381 e. The Morgan fingerprint density at radius 1 is 1.00 bits per heavy atom. The van der Waals surface area contributed by atoms with Crippen LogP contribution in [0.1, 0.15) is 44.8 Å². The van der Waals surface area contributed by atoms with E-state index in [9.17, 15) is 14.0 Å². The number of halogens is 1. The molecule has 7 heterocycles. The van der Waals surface area contributed by atoms with E-state index in [2.05, 4.69) is 26.3 Å². The Labute approximate surface area is 297 Å².